The molecule has 1 radical (unpaired) electrons. The Balaban J connectivity index is 0.000000431. The lowest BCUT2D eigenvalue weighted by Gasteiger charge is -2.34. The summed E-state index contributed by atoms with van der Waals surface area (Å²) < 4.78 is 32.5. The summed E-state index contributed by atoms with van der Waals surface area (Å²) in [6, 6.07) is 2.00. The number of carboxylic acid groups (broad SMARTS) is 1. The highest BCUT2D eigenvalue weighted by Gasteiger charge is 2.33. The largest absolute Gasteiger partial charge is 0.488 e. The first-order valence-electron chi connectivity index (χ1n) is 7.73. The van der Waals surface area contributed by atoms with Gasteiger partial charge in [0.15, 0.2) is 16.7 Å². The summed E-state index contributed by atoms with van der Waals surface area (Å²) in [5, 5.41) is 19.6. The Labute approximate surface area is 154 Å². The van der Waals surface area contributed by atoms with Gasteiger partial charge in [-0.1, -0.05) is 0 Å². The van der Waals surface area contributed by atoms with Crippen LogP contribution in [-0.2, 0) is 11.2 Å². The van der Waals surface area contributed by atoms with Crippen molar-refractivity contribution < 1.29 is 28.5 Å². The lowest BCUT2D eigenvalue weighted by atomic mass is 10.0. The van der Waals surface area contributed by atoms with E-state index in [9.17, 15) is 8.78 Å². The van der Waals surface area contributed by atoms with E-state index in [0.717, 1.165) is 11.8 Å². The summed E-state index contributed by atoms with van der Waals surface area (Å²) >= 11 is 5.23. The van der Waals surface area contributed by atoms with Gasteiger partial charge >= 0.3 is 5.97 Å². The van der Waals surface area contributed by atoms with Crippen LogP contribution in [0.4, 0.5) is 8.78 Å². The predicted octanol–water partition coefficient (Wildman–Crippen LogP) is 0.727. The van der Waals surface area contributed by atoms with Crippen LogP contribution in [0.5, 0.6) is 5.75 Å². The second-order valence-electron chi connectivity index (χ2n) is 5.54. The Morgan fingerprint density at radius 2 is 2.15 bits per heavy atom. The number of hydrogen-bond donors (Lipinski definition) is 3. The molecule has 1 aromatic rings. The van der Waals surface area contributed by atoms with Gasteiger partial charge in [0.2, 0.25) is 0 Å². The number of nitrogens with two attached hydrogens (primary N) is 1. The molecule has 2 aliphatic rings. The van der Waals surface area contributed by atoms with Crippen LogP contribution in [0.2, 0.25) is 0 Å². The molecule has 0 aliphatic carbocycles. The number of carbonyl (C=O) groups is 1. The highest BCUT2D eigenvalue weighted by atomic mass is 32.1. The highest BCUT2D eigenvalue weighted by molar-refractivity contribution is 7.80. The summed E-state index contributed by atoms with van der Waals surface area (Å²) in [5.41, 5.74) is 7.00. The summed E-state index contributed by atoms with van der Waals surface area (Å²) in [6.45, 7) is -0.0268. The van der Waals surface area contributed by atoms with Gasteiger partial charge in [-0.3, -0.25) is 0 Å². The van der Waals surface area contributed by atoms with Gasteiger partial charge in [-0.15, -0.1) is 0 Å². The first-order valence-corrected chi connectivity index (χ1v) is 8.14. The second kappa shape index (κ2) is 8.88. The quantitative estimate of drug-likeness (QED) is 0.654. The van der Waals surface area contributed by atoms with E-state index < -0.39 is 24.2 Å². The lowest BCUT2D eigenvalue weighted by Crippen LogP contribution is -2.44. The van der Waals surface area contributed by atoms with Crippen molar-refractivity contribution in [3.63, 3.8) is 0 Å². The zero-order valence-corrected chi connectivity index (χ0v) is 14.5. The second-order valence-corrected chi connectivity index (χ2v) is 5.90. The molecule has 0 saturated carbocycles. The Morgan fingerprint density at radius 1 is 1.46 bits per heavy atom. The number of thiocarbonyl (C=S) groups is 1. The van der Waals surface area contributed by atoms with Crippen molar-refractivity contribution in [1.82, 2.24) is 10.2 Å². The summed E-state index contributed by atoms with van der Waals surface area (Å²) in [6.07, 6.45) is 2.78. The molecule has 1 atom stereocenters. The molecule has 0 unspecified atom stereocenters. The molecule has 0 saturated heterocycles. The Kier molecular flexibility index (Phi) is 6.83. The zero-order valence-electron chi connectivity index (χ0n) is 13.7. The maximum absolute atomic E-state index is 13.7. The fraction of sp³-hybridized carbons (Fsp3) is 0.375. The van der Waals surface area contributed by atoms with Gasteiger partial charge < -0.3 is 25.6 Å². The number of ether oxygens (including phenoxy) is 1. The molecule has 1 aromatic carbocycles. The molecule has 0 fully saturated rings. The number of aliphatic hydroxyl groups excluding tert-OH is 1. The van der Waals surface area contributed by atoms with Crippen LogP contribution in [0.3, 0.4) is 0 Å². The van der Waals surface area contributed by atoms with Gasteiger partial charge in [0.05, 0.1) is 6.04 Å². The van der Waals surface area contributed by atoms with Crippen molar-refractivity contribution in [3.05, 3.63) is 41.2 Å². The van der Waals surface area contributed by atoms with Crippen LogP contribution in [0.1, 0.15) is 12.0 Å². The molecule has 2 aliphatic heterocycles. The number of aliphatic hydroxyl groups is 1. The minimum Gasteiger partial charge on any atom is -0.488 e. The third-order valence-corrected chi connectivity index (χ3v) is 4.00. The summed E-state index contributed by atoms with van der Waals surface area (Å²) in [4.78, 5) is 11.0. The maximum atomic E-state index is 13.7. The van der Waals surface area contributed by atoms with Gasteiger partial charge in [-0.2, -0.15) is 0 Å². The molecule has 7 nitrogen and oxygen atoms in total. The normalized spacial score (nSPS) is 18.2. The molecule has 3 rings (SSSR count). The van der Waals surface area contributed by atoms with E-state index in [-0.39, 0.29) is 18.4 Å². The molecule has 2 heterocycles. The molecule has 0 amide bonds. The SMILES string of the molecule is NCCC1=C[N]C(=S)N1[C@H]1COc2c(F)cc(F)cc2C1.O=C(O)CO. The number of hydrogen-bond acceptors (Lipinski definition) is 5. The Morgan fingerprint density at radius 3 is 2.77 bits per heavy atom. The van der Waals surface area contributed by atoms with Crippen LogP contribution in [0, 0.1) is 11.6 Å². The average molecular weight is 386 g/mol. The van der Waals surface area contributed by atoms with E-state index in [1.54, 1.807) is 6.20 Å². The Hall–Kier alpha value is -2.30. The van der Waals surface area contributed by atoms with E-state index in [4.69, 9.17) is 37.7 Å². The van der Waals surface area contributed by atoms with Crippen molar-refractivity contribution in [2.45, 2.75) is 18.9 Å². The lowest BCUT2D eigenvalue weighted by molar-refractivity contribution is -0.140. The number of halogens is 2. The van der Waals surface area contributed by atoms with E-state index >= 15 is 0 Å². The van der Waals surface area contributed by atoms with Gasteiger partial charge in [-0.25, -0.2) is 18.9 Å². The zero-order chi connectivity index (χ0) is 19.3. The third kappa shape index (κ3) is 4.65. The number of aliphatic carboxylic acids is 1. The number of nitrogens with zero attached hydrogens (tertiary/aromatic N) is 2. The average Bonchev–Trinajstić information content (AvgIpc) is 2.95. The topological polar surface area (TPSA) is 110 Å². The first-order chi connectivity index (χ1) is 12.4. The van der Waals surface area contributed by atoms with Crippen molar-refractivity contribution in [1.29, 1.82) is 0 Å². The molecular formula is C16H18F2N3O4S. The molecule has 141 valence electrons. The van der Waals surface area contributed by atoms with E-state index in [1.165, 1.54) is 6.07 Å². The van der Waals surface area contributed by atoms with Gasteiger partial charge in [0.25, 0.3) is 0 Å². The first kappa shape index (κ1) is 20.0. The van der Waals surface area contributed by atoms with E-state index in [2.05, 4.69) is 5.32 Å². The molecular weight excluding hydrogens is 368 g/mol. The predicted molar refractivity (Wildman–Crippen MR) is 92.4 cm³/mol. The van der Waals surface area contributed by atoms with Crippen LogP contribution in [-0.4, -0.2) is 52.0 Å². The minimum atomic E-state index is -1.19. The van der Waals surface area contributed by atoms with Crippen LogP contribution >= 0.6 is 12.2 Å². The third-order valence-electron chi connectivity index (χ3n) is 3.70. The molecule has 26 heavy (non-hydrogen) atoms. The van der Waals surface area contributed by atoms with E-state index in [1.807, 2.05) is 4.90 Å². The molecule has 0 bridgehead atoms. The van der Waals surface area contributed by atoms with Gasteiger partial charge in [0, 0.05) is 36.4 Å². The monoisotopic (exact) mass is 386 g/mol. The minimum absolute atomic E-state index is 0.124. The fourth-order valence-electron chi connectivity index (χ4n) is 2.69. The van der Waals surface area contributed by atoms with Gasteiger partial charge in [-0.05, 0) is 24.8 Å². The van der Waals surface area contributed by atoms with Crippen LogP contribution < -0.4 is 15.8 Å². The van der Waals surface area contributed by atoms with Crippen LogP contribution in [0.25, 0.3) is 0 Å². The highest BCUT2D eigenvalue weighted by Crippen LogP contribution is 2.32. The van der Waals surface area contributed by atoms with Crippen molar-refractivity contribution in [2.24, 2.45) is 5.73 Å². The fourth-order valence-corrected chi connectivity index (χ4v) is 3.00. The molecule has 0 aromatic heterocycles. The molecule has 4 N–H and O–H groups in total. The van der Waals surface area contributed by atoms with Crippen molar-refractivity contribution in [2.75, 3.05) is 19.8 Å². The maximum Gasteiger partial charge on any atom is 0.329 e. The van der Waals surface area contributed by atoms with Crippen molar-refractivity contribution in [3.8, 4) is 5.75 Å². The van der Waals surface area contributed by atoms with Gasteiger partial charge in [0.1, 0.15) is 19.0 Å². The molecule has 10 heteroatoms. The summed E-state index contributed by atoms with van der Waals surface area (Å²) in [5.74, 6) is -2.35. The van der Waals surface area contributed by atoms with Crippen molar-refractivity contribution >= 4 is 23.3 Å². The Bertz CT molecular complexity index is 730. The standard InChI is InChI=1S/C14H14F2N3OS.C2H4O3/c15-9-3-8-4-11(7-20-13(8)12(16)5-9)19-10(1-2-17)6-18-14(19)21;3-1-2(4)5/h3,5-6,11H,1-2,4,7,17H2;3H,1H2,(H,4,5)/t11-;/m1./s1. The number of carboxylic acids is 1. The van der Waals surface area contributed by atoms with E-state index in [0.29, 0.717) is 30.1 Å². The number of rotatable bonds is 4. The summed E-state index contributed by atoms with van der Waals surface area (Å²) in [7, 11) is 0. The molecule has 0 spiro atoms. The smallest absolute Gasteiger partial charge is 0.329 e. The number of fused-ring (bicyclic) bond motifs is 1. The number of benzene rings is 1. The van der Waals surface area contributed by atoms with Crippen LogP contribution in [0.15, 0.2) is 24.0 Å².